The van der Waals surface area contributed by atoms with Crippen LogP contribution >= 0.6 is 0 Å². The van der Waals surface area contributed by atoms with Crippen LogP contribution in [0.15, 0.2) is 36.4 Å². The number of ether oxygens (including phenoxy) is 2. The van der Waals surface area contributed by atoms with Gasteiger partial charge in [0.15, 0.2) is 0 Å². The van der Waals surface area contributed by atoms with Crippen LogP contribution in [0.2, 0.25) is 0 Å². The van der Waals surface area contributed by atoms with E-state index in [1.807, 2.05) is 12.1 Å². The molecule has 2 N–H and O–H groups in total. The average Bonchev–Trinajstić information content (AvgIpc) is 3.62. The molecule has 2 heterocycles. The fourth-order valence-corrected chi connectivity index (χ4v) is 5.56. The summed E-state index contributed by atoms with van der Waals surface area (Å²) in [6, 6.07) is 12.7. The number of benzene rings is 2. The van der Waals surface area contributed by atoms with Crippen LogP contribution in [0.5, 0.6) is 11.5 Å². The third-order valence-electron chi connectivity index (χ3n) is 7.35. The Morgan fingerprint density at radius 3 is 1.84 bits per heavy atom. The van der Waals surface area contributed by atoms with Crippen molar-refractivity contribution in [2.75, 3.05) is 6.54 Å². The summed E-state index contributed by atoms with van der Waals surface area (Å²) in [5, 5.41) is 0. The van der Waals surface area contributed by atoms with Crippen LogP contribution in [0, 0.1) is 11.8 Å². The number of fused-ring (bicyclic) bond motifs is 2. The third kappa shape index (κ3) is 4.05. The van der Waals surface area contributed by atoms with E-state index < -0.39 is 0 Å². The summed E-state index contributed by atoms with van der Waals surface area (Å²) in [4.78, 5) is 10.7. The highest BCUT2D eigenvalue weighted by Crippen LogP contribution is 2.52. The van der Waals surface area contributed by atoms with Gasteiger partial charge in [-0.05, 0) is 88.1 Å². The minimum absolute atomic E-state index is 0.0362. The molecule has 6 rings (SSSR count). The van der Waals surface area contributed by atoms with E-state index in [2.05, 4.69) is 52.0 Å². The van der Waals surface area contributed by atoms with E-state index in [9.17, 15) is 4.79 Å². The molecule has 4 atom stereocenters. The highest BCUT2D eigenvalue weighted by molar-refractivity contribution is 5.63. The number of hydrogen-bond acceptors (Lipinski definition) is 4. The van der Waals surface area contributed by atoms with Gasteiger partial charge in [0, 0.05) is 29.9 Å². The van der Waals surface area contributed by atoms with E-state index in [1.165, 1.54) is 28.7 Å². The topological polar surface area (TPSA) is 61.5 Å². The molecule has 4 heteroatoms. The molecular formula is C28H35NO3. The second-order valence-corrected chi connectivity index (χ2v) is 11.2. The number of carbonyl (C=O) groups excluding carboxylic acids is 1. The summed E-state index contributed by atoms with van der Waals surface area (Å²) in [5.41, 5.74) is 11.2. The summed E-state index contributed by atoms with van der Waals surface area (Å²) >= 11 is 0. The lowest BCUT2D eigenvalue weighted by Gasteiger charge is -2.16. The minimum Gasteiger partial charge on any atom is -0.487 e. The lowest BCUT2D eigenvalue weighted by atomic mass is 9.94. The maximum Gasteiger partial charge on any atom is 0.123 e. The molecule has 4 aliphatic rings. The van der Waals surface area contributed by atoms with Crippen LogP contribution in [0.25, 0.3) is 0 Å². The average molecular weight is 434 g/mol. The summed E-state index contributed by atoms with van der Waals surface area (Å²) < 4.78 is 11.8. The zero-order chi connectivity index (χ0) is 22.7. The fraction of sp³-hybridized carbons (Fsp3) is 0.536. The van der Waals surface area contributed by atoms with E-state index in [0.29, 0.717) is 17.8 Å². The third-order valence-corrected chi connectivity index (χ3v) is 7.35. The van der Waals surface area contributed by atoms with Gasteiger partial charge in [0.1, 0.15) is 29.0 Å². The first-order valence-corrected chi connectivity index (χ1v) is 12.0. The molecule has 0 amide bonds. The van der Waals surface area contributed by atoms with Crippen molar-refractivity contribution >= 4 is 6.29 Å². The lowest BCUT2D eigenvalue weighted by Crippen LogP contribution is -2.24. The van der Waals surface area contributed by atoms with Crippen molar-refractivity contribution < 1.29 is 14.3 Å². The molecule has 2 saturated carbocycles. The van der Waals surface area contributed by atoms with Crippen LogP contribution in [0.1, 0.15) is 74.6 Å². The minimum atomic E-state index is -0.0933. The van der Waals surface area contributed by atoms with E-state index in [1.54, 1.807) is 0 Å². The molecule has 32 heavy (non-hydrogen) atoms. The largest absolute Gasteiger partial charge is 0.487 e. The van der Waals surface area contributed by atoms with E-state index in [-0.39, 0.29) is 17.1 Å². The van der Waals surface area contributed by atoms with Gasteiger partial charge in [0.25, 0.3) is 0 Å². The Morgan fingerprint density at radius 1 is 0.875 bits per heavy atom. The lowest BCUT2D eigenvalue weighted by molar-refractivity contribution is -0.108. The van der Waals surface area contributed by atoms with Crippen LogP contribution in [-0.2, 0) is 17.6 Å². The number of aldehydes is 1. The monoisotopic (exact) mass is 433 g/mol. The molecule has 0 unspecified atom stereocenters. The molecule has 2 aliphatic heterocycles. The van der Waals surface area contributed by atoms with Gasteiger partial charge in [0.2, 0.25) is 0 Å². The Kier molecular flexibility index (Phi) is 5.12. The van der Waals surface area contributed by atoms with Gasteiger partial charge in [-0.2, -0.15) is 0 Å². The summed E-state index contributed by atoms with van der Waals surface area (Å²) in [5.74, 6) is 4.19. The molecule has 2 aromatic carbocycles. The number of rotatable bonds is 4. The molecule has 2 aliphatic carbocycles. The highest BCUT2D eigenvalue weighted by Gasteiger charge is 2.43. The van der Waals surface area contributed by atoms with Gasteiger partial charge in [-0.25, -0.2) is 0 Å². The smallest absolute Gasteiger partial charge is 0.123 e. The van der Waals surface area contributed by atoms with E-state index in [4.69, 9.17) is 15.2 Å². The van der Waals surface area contributed by atoms with Crippen molar-refractivity contribution in [3.63, 3.8) is 0 Å². The molecule has 2 fully saturated rings. The molecule has 170 valence electrons. The second kappa shape index (κ2) is 7.62. The van der Waals surface area contributed by atoms with Crippen molar-refractivity contribution in [1.29, 1.82) is 0 Å². The molecule has 0 bridgehead atoms. The Balaban J connectivity index is 0.000000135. The number of nitrogens with two attached hydrogens (primary N) is 1. The quantitative estimate of drug-likeness (QED) is 0.676. The molecule has 0 radical (unpaired) electrons. The van der Waals surface area contributed by atoms with Crippen molar-refractivity contribution in [3.8, 4) is 11.5 Å². The maximum absolute atomic E-state index is 10.7. The molecular weight excluding hydrogens is 398 g/mol. The van der Waals surface area contributed by atoms with Gasteiger partial charge < -0.3 is 20.0 Å². The van der Waals surface area contributed by atoms with Gasteiger partial charge in [-0.15, -0.1) is 0 Å². The maximum atomic E-state index is 10.7. The first kappa shape index (κ1) is 21.5. The van der Waals surface area contributed by atoms with Gasteiger partial charge in [-0.3, -0.25) is 0 Å². The predicted molar refractivity (Wildman–Crippen MR) is 127 cm³/mol. The van der Waals surface area contributed by atoms with Crippen LogP contribution in [0.3, 0.4) is 0 Å². The van der Waals surface area contributed by atoms with Crippen molar-refractivity contribution in [3.05, 3.63) is 58.7 Å². The SMILES string of the molecule is CC1(C)Cc2c(cccc2[C@@H]2C[C@H]2C=O)O1.CC1(C)Cc2c(cccc2[C@@H]2C[C@H]2CN)O1. The van der Waals surface area contributed by atoms with Crippen molar-refractivity contribution in [2.45, 2.75) is 76.4 Å². The molecule has 0 saturated heterocycles. The molecule has 4 nitrogen and oxygen atoms in total. The summed E-state index contributed by atoms with van der Waals surface area (Å²) in [6.07, 6.45) is 5.35. The first-order chi connectivity index (χ1) is 15.2. The number of carbonyl (C=O) groups is 1. The van der Waals surface area contributed by atoms with Crippen LogP contribution < -0.4 is 15.2 Å². The van der Waals surface area contributed by atoms with Crippen LogP contribution in [-0.4, -0.2) is 24.0 Å². The Bertz CT molecular complexity index is 1040. The normalized spacial score (nSPS) is 29.5. The zero-order valence-electron chi connectivity index (χ0n) is 19.7. The zero-order valence-corrected chi connectivity index (χ0v) is 19.7. The van der Waals surface area contributed by atoms with E-state index >= 15 is 0 Å². The Hall–Kier alpha value is -2.33. The van der Waals surface area contributed by atoms with Gasteiger partial charge in [-0.1, -0.05) is 24.3 Å². The summed E-state index contributed by atoms with van der Waals surface area (Å²) in [7, 11) is 0. The molecule has 0 aromatic heterocycles. The summed E-state index contributed by atoms with van der Waals surface area (Å²) in [6.45, 7) is 9.36. The molecule has 0 spiro atoms. The predicted octanol–water partition coefficient (Wildman–Crippen LogP) is 5.16. The highest BCUT2D eigenvalue weighted by atomic mass is 16.5. The second-order valence-electron chi connectivity index (χ2n) is 11.2. The Morgan fingerprint density at radius 2 is 1.41 bits per heavy atom. The van der Waals surface area contributed by atoms with Gasteiger partial charge in [0.05, 0.1) is 0 Å². The van der Waals surface area contributed by atoms with Crippen molar-refractivity contribution in [1.82, 2.24) is 0 Å². The van der Waals surface area contributed by atoms with Gasteiger partial charge >= 0.3 is 0 Å². The van der Waals surface area contributed by atoms with Crippen molar-refractivity contribution in [2.24, 2.45) is 17.6 Å². The first-order valence-electron chi connectivity index (χ1n) is 12.0. The molecule has 2 aromatic rings. The van der Waals surface area contributed by atoms with Crippen LogP contribution in [0.4, 0.5) is 0 Å². The van der Waals surface area contributed by atoms with E-state index in [0.717, 1.165) is 43.6 Å². The number of hydrogen-bond donors (Lipinski definition) is 1. The fourth-order valence-electron chi connectivity index (χ4n) is 5.56. The standard InChI is InChI=1S/C14H19NO.C14H16O2/c2*1-14(2)7-12-10(11-6-9(11)8-15)4-3-5-13(12)16-14/h3-5,9,11H,6-8,15H2,1-2H3;3-5,8-9,11H,6-7H2,1-2H3/t2*9-,11+/m00/s1. The Labute approximate surface area is 191 Å².